The van der Waals surface area contributed by atoms with Gasteiger partial charge in [0.2, 0.25) is 0 Å². The number of anilines is 1. The summed E-state index contributed by atoms with van der Waals surface area (Å²) in [4.78, 5) is 18.5. The summed E-state index contributed by atoms with van der Waals surface area (Å²) in [6.07, 6.45) is 9.27. The van der Waals surface area contributed by atoms with Gasteiger partial charge in [0.1, 0.15) is 11.5 Å². The summed E-state index contributed by atoms with van der Waals surface area (Å²) in [5.41, 5.74) is 5.45. The number of carbonyl (C=O) groups excluding carboxylic acids is 1. The molecule has 1 aliphatic heterocycles. The van der Waals surface area contributed by atoms with Gasteiger partial charge in [0.15, 0.2) is 0 Å². The molecule has 38 heavy (non-hydrogen) atoms. The average Bonchev–Trinajstić information content (AvgIpc) is 3.19. The zero-order chi connectivity index (χ0) is 27.5. The molecule has 2 aliphatic rings. The van der Waals surface area contributed by atoms with E-state index in [9.17, 15) is 4.79 Å². The fourth-order valence-corrected chi connectivity index (χ4v) is 5.64. The Balaban J connectivity index is 1.75. The molecule has 0 bridgehead atoms. The Hall–Kier alpha value is -2.34. The molecule has 6 nitrogen and oxygen atoms in total. The van der Waals surface area contributed by atoms with Crippen LogP contribution in [0.25, 0.3) is 11.1 Å². The number of nitrogens with zero attached hydrogens (tertiary/aromatic N) is 2. The van der Waals surface area contributed by atoms with Crippen LogP contribution in [0.3, 0.4) is 0 Å². The van der Waals surface area contributed by atoms with Crippen LogP contribution in [0.2, 0.25) is 0 Å². The third-order valence-electron chi connectivity index (χ3n) is 8.06. The van der Waals surface area contributed by atoms with Gasteiger partial charge in [-0.25, -0.2) is 4.98 Å². The first-order chi connectivity index (χ1) is 17.9. The van der Waals surface area contributed by atoms with E-state index in [1.807, 2.05) is 0 Å². The lowest BCUT2D eigenvalue weighted by atomic mass is 9.84. The van der Waals surface area contributed by atoms with Gasteiger partial charge in [0.25, 0.3) is 5.91 Å². The monoisotopic (exact) mass is 522 g/mol. The Kier molecular flexibility index (Phi) is 8.91. The van der Waals surface area contributed by atoms with Crippen molar-refractivity contribution in [3.63, 3.8) is 0 Å². The maximum atomic E-state index is 13.5. The zero-order valence-electron chi connectivity index (χ0n) is 24.9. The van der Waals surface area contributed by atoms with E-state index < -0.39 is 0 Å². The summed E-state index contributed by atoms with van der Waals surface area (Å²) in [6, 6.07) is 6.73. The van der Waals surface area contributed by atoms with Gasteiger partial charge in [-0.15, -0.1) is 0 Å². The van der Waals surface area contributed by atoms with E-state index in [4.69, 9.17) is 9.72 Å². The van der Waals surface area contributed by atoms with Gasteiger partial charge >= 0.3 is 0 Å². The summed E-state index contributed by atoms with van der Waals surface area (Å²) in [5, 5.41) is 6.89. The van der Waals surface area contributed by atoms with Gasteiger partial charge in [0.05, 0.1) is 0 Å². The van der Waals surface area contributed by atoms with Crippen molar-refractivity contribution in [3.8, 4) is 11.1 Å². The van der Waals surface area contributed by atoms with Gasteiger partial charge in [-0.2, -0.15) is 0 Å². The Morgan fingerprint density at radius 2 is 1.68 bits per heavy atom. The minimum Gasteiger partial charge on any atom is -0.381 e. The zero-order valence-corrected chi connectivity index (χ0v) is 24.9. The largest absolute Gasteiger partial charge is 0.381 e. The van der Waals surface area contributed by atoms with Gasteiger partial charge in [-0.1, -0.05) is 73.6 Å². The topological polar surface area (TPSA) is 68.2 Å². The second-order valence-corrected chi connectivity index (χ2v) is 13.8. The fourth-order valence-electron chi connectivity index (χ4n) is 5.64. The number of rotatable bonds is 7. The van der Waals surface area contributed by atoms with Gasteiger partial charge in [-0.3, -0.25) is 4.79 Å². The number of ether oxygens (including phenoxy) is 1. The Morgan fingerprint density at radius 1 is 1.00 bits per heavy atom. The molecule has 1 aliphatic carbocycles. The number of amides is 1. The van der Waals surface area contributed by atoms with Crippen LogP contribution in [-0.4, -0.2) is 41.3 Å². The van der Waals surface area contributed by atoms with E-state index in [1.165, 1.54) is 43.4 Å². The highest BCUT2D eigenvalue weighted by molar-refractivity contribution is 5.95. The van der Waals surface area contributed by atoms with Crippen molar-refractivity contribution in [2.45, 2.75) is 104 Å². The Labute approximate surface area is 230 Å². The lowest BCUT2D eigenvalue weighted by molar-refractivity contribution is 0.0692. The number of carbonyl (C=O) groups is 1. The first-order valence-corrected chi connectivity index (χ1v) is 14.7. The molecule has 1 saturated carbocycles. The van der Waals surface area contributed by atoms with Crippen molar-refractivity contribution >= 4 is 11.7 Å². The smallest absolute Gasteiger partial charge is 0.268 e. The van der Waals surface area contributed by atoms with E-state index in [1.54, 1.807) is 0 Å². The van der Waals surface area contributed by atoms with Crippen LogP contribution in [0.15, 0.2) is 18.2 Å². The molecule has 6 heteroatoms. The summed E-state index contributed by atoms with van der Waals surface area (Å²) in [7, 11) is 2.07. The van der Waals surface area contributed by atoms with E-state index in [2.05, 4.69) is 82.0 Å². The van der Waals surface area contributed by atoms with Crippen molar-refractivity contribution in [2.24, 2.45) is 18.4 Å². The summed E-state index contributed by atoms with van der Waals surface area (Å²) in [6.45, 7) is 15.6. The number of hydrogen-bond acceptors (Lipinski definition) is 4. The molecule has 2 aromatic rings. The molecule has 0 radical (unpaired) electrons. The molecule has 0 atom stereocenters. The average molecular weight is 523 g/mol. The number of nitrogens with one attached hydrogen (secondary N) is 2. The van der Waals surface area contributed by atoms with Crippen LogP contribution in [-0.2, 0) is 23.6 Å². The van der Waals surface area contributed by atoms with Crippen LogP contribution >= 0.6 is 0 Å². The molecule has 2 fully saturated rings. The molecule has 0 unspecified atom stereocenters. The number of hydrogen-bond donors (Lipinski definition) is 2. The van der Waals surface area contributed by atoms with Crippen LogP contribution in [0, 0.1) is 11.3 Å². The second-order valence-electron chi connectivity index (χ2n) is 13.8. The minimum atomic E-state index is -0.0876. The first kappa shape index (κ1) is 28.7. The summed E-state index contributed by atoms with van der Waals surface area (Å²) < 4.78 is 7.66. The van der Waals surface area contributed by atoms with E-state index in [0.717, 1.165) is 48.6 Å². The van der Waals surface area contributed by atoms with Crippen molar-refractivity contribution in [3.05, 3.63) is 35.3 Å². The molecule has 1 saturated heterocycles. The second kappa shape index (κ2) is 11.8. The molecule has 1 amide bonds. The molecule has 3 heterocycles. The molecule has 0 spiro atoms. The van der Waals surface area contributed by atoms with Crippen LogP contribution < -0.4 is 10.6 Å². The molecule has 2 aromatic heterocycles. The standard InChI is InChI=1S/C32H50N4O2/c1-31(2,3)21-33-29-19-23(18-28(35-29)32(4,5)6)25-20-27(30(37)34-24-13-15-38-16-14-24)36(7)26(25)17-22-11-9-8-10-12-22/h18-20,22,24H,8-17,21H2,1-7H3,(H,33,35)(H,34,37). The van der Waals surface area contributed by atoms with E-state index in [-0.39, 0.29) is 22.8 Å². The molecule has 210 valence electrons. The molecule has 4 rings (SSSR count). The van der Waals surface area contributed by atoms with Crippen molar-refractivity contribution in [2.75, 3.05) is 25.1 Å². The first-order valence-electron chi connectivity index (χ1n) is 14.7. The van der Waals surface area contributed by atoms with Crippen LogP contribution in [0.4, 0.5) is 5.82 Å². The normalized spacial score (nSPS) is 18.0. The predicted molar refractivity (Wildman–Crippen MR) is 157 cm³/mol. The van der Waals surface area contributed by atoms with Crippen molar-refractivity contribution in [1.29, 1.82) is 0 Å². The van der Waals surface area contributed by atoms with Gasteiger partial charge < -0.3 is 19.9 Å². The minimum absolute atomic E-state index is 0.0201. The Morgan fingerprint density at radius 3 is 2.32 bits per heavy atom. The Bertz CT molecular complexity index is 1090. The molecule has 2 N–H and O–H groups in total. The summed E-state index contributed by atoms with van der Waals surface area (Å²) >= 11 is 0. The highest BCUT2D eigenvalue weighted by Crippen LogP contribution is 2.36. The predicted octanol–water partition coefficient (Wildman–Crippen LogP) is 6.87. The lowest BCUT2D eigenvalue weighted by Gasteiger charge is -2.25. The fraction of sp³-hybridized carbons (Fsp3) is 0.688. The van der Waals surface area contributed by atoms with Crippen LogP contribution in [0.1, 0.15) is 108 Å². The summed E-state index contributed by atoms with van der Waals surface area (Å²) in [5.74, 6) is 1.60. The van der Waals surface area contributed by atoms with E-state index in [0.29, 0.717) is 19.1 Å². The SMILES string of the molecule is Cn1c(C(=O)NC2CCOCC2)cc(-c2cc(NCC(C)(C)C)nc(C(C)(C)C)c2)c1CC1CCCCC1. The maximum Gasteiger partial charge on any atom is 0.268 e. The number of pyridine rings is 1. The van der Waals surface area contributed by atoms with Gasteiger partial charge in [-0.05, 0) is 54.4 Å². The lowest BCUT2D eigenvalue weighted by Crippen LogP contribution is -2.39. The van der Waals surface area contributed by atoms with Crippen LogP contribution in [0.5, 0.6) is 0 Å². The van der Waals surface area contributed by atoms with Crippen molar-refractivity contribution in [1.82, 2.24) is 14.9 Å². The molecular weight excluding hydrogens is 472 g/mol. The highest BCUT2D eigenvalue weighted by Gasteiger charge is 2.26. The molecular formula is C32H50N4O2. The van der Waals surface area contributed by atoms with Gasteiger partial charge in [0, 0.05) is 55.2 Å². The molecule has 0 aromatic carbocycles. The van der Waals surface area contributed by atoms with Crippen molar-refractivity contribution < 1.29 is 9.53 Å². The van der Waals surface area contributed by atoms with E-state index >= 15 is 0 Å². The third kappa shape index (κ3) is 7.40. The highest BCUT2D eigenvalue weighted by atomic mass is 16.5. The quantitative estimate of drug-likeness (QED) is 0.416. The maximum absolute atomic E-state index is 13.5. The number of aromatic nitrogens is 2. The third-order valence-corrected chi connectivity index (χ3v) is 8.06.